The summed E-state index contributed by atoms with van der Waals surface area (Å²) in [5.41, 5.74) is 10.2. The van der Waals surface area contributed by atoms with Gasteiger partial charge in [0.1, 0.15) is 23.1 Å². The first-order chi connectivity index (χ1) is 23.8. The highest BCUT2D eigenvalue weighted by atomic mass is 16.5. The van der Waals surface area contributed by atoms with Crippen LogP contribution in [0.5, 0.6) is 11.5 Å². The van der Waals surface area contributed by atoms with E-state index in [0.717, 1.165) is 61.9 Å². The Kier molecular flexibility index (Phi) is 8.74. The molecule has 2 aliphatic rings. The quantitative estimate of drug-likeness (QED) is 0.181. The number of anilines is 4. The maximum Gasteiger partial charge on any atom is 0.133 e. The fourth-order valence-corrected chi connectivity index (χ4v) is 7.64. The van der Waals surface area contributed by atoms with Crippen LogP contribution in [0.1, 0.15) is 102 Å². The van der Waals surface area contributed by atoms with Crippen molar-refractivity contribution in [2.75, 3.05) is 22.9 Å². The van der Waals surface area contributed by atoms with Crippen molar-refractivity contribution in [1.82, 2.24) is 9.97 Å². The van der Waals surface area contributed by atoms with Gasteiger partial charge in [-0.05, 0) is 106 Å². The number of benzene rings is 3. The van der Waals surface area contributed by atoms with Crippen LogP contribution in [0.15, 0.2) is 97.3 Å². The average molecular weight is 665 g/mol. The SMILES string of the molecule is CC(C)(C)c1ccnc(N2CCCc3c2cc(Oc2ccc4c(c2)N(c2cc(C(C)(C)c5ccccc5)ccn2)CCC4)cc3C(C)(C)C)c1. The lowest BCUT2D eigenvalue weighted by molar-refractivity contribution is 0.476. The number of fused-ring (bicyclic) bond motifs is 2. The van der Waals surface area contributed by atoms with Crippen LogP contribution in [-0.2, 0) is 29.1 Å². The van der Waals surface area contributed by atoms with Crippen molar-refractivity contribution >= 4 is 23.0 Å². The van der Waals surface area contributed by atoms with Gasteiger partial charge in [0.2, 0.25) is 0 Å². The normalized spacial score (nSPS) is 15.0. The van der Waals surface area contributed by atoms with Gasteiger partial charge in [-0.3, -0.25) is 0 Å². The number of ether oxygens (including phenoxy) is 1. The molecule has 0 radical (unpaired) electrons. The molecular formula is C45H52N4O. The molecule has 5 heteroatoms. The van der Waals surface area contributed by atoms with Crippen LogP contribution in [0.25, 0.3) is 0 Å². The van der Waals surface area contributed by atoms with Crippen molar-refractivity contribution in [1.29, 1.82) is 0 Å². The molecule has 0 unspecified atom stereocenters. The summed E-state index contributed by atoms with van der Waals surface area (Å²) in [6.45, 7) is 20.1. The van der Waals surface area contributed by atoms with Crippen molar-refractivity contribution in [2.45, 2.75) is 97.3 Å². The van der Waals surface area contributed by atoms with E-state index in [9.17, 15) is 0 Å². The molecule has 4 heterocycles. The van der Waals surface area contributed by atoms with E-state index >= 15 is 0 Å². The first-order valence-corrected chi connectivity index (χ1v) is 18.3. The maximum atomic E-state index is 6.83. The Morgan fingerprint density at radius 1 is 0.560 bits per heavy atom. The van der Waals surface area contributed by atoms with E-state index in [4.69, 9.17) is 14.7 Å². The predicted octanol–water partition coefficient (Wildman–Crippen LogP) is 11.4. The molecular weight excluding hydrogens is 613 g/mol. The van der Waals surface area contributed by atoms with Gasteiger partial charge in [-0.25, -0.2) is 9.97 Å². The molecule has 0 amide bonds. The molecule has 0 bridgehead atoms. The smallest absolute Gasteiger partial charge is 0.133 e. The summed E-state index contributed by atoms with van der Waals surface area (Å²) in [6, 6.07) is 30.7. The number of aromatic nitrogens is 2. The van der Waals surface area contributed by atoms with Crippen LogP contribution in [0.3, 0.4) is 0 Å². The lowest BCUT2D eigenvalue weighted by atomic mass is 9.78. The van der Waals surface area contributed by atoms with Gasteiger partial charge in [0, 0.05) is 54.4 Å². The Hall–Kier alpha value is -4.64. The Labute approximate surface area is 299 Å². The number of hydrogen-bond acceptors (Lipinski definition) is 5. The minimum absolute atomic E-state index is 0.0377. The van der Waals surface area contributed by atoms with Gasteiger partial charge in [-0.2, -0.15) is 0 Å². The van der Waals surface area contributed by atoms with E-state index in [-0.39, 0.29) is 16.2 Å². The van der Waals surface area contributed by atoms with Crippen molar-refractivity contribution in [2.24, 2.45) is 0 Å². The molecule has 0 atom stereocenters. The number of nitrogens with zero attached hydrogens (tertiary/aromatic N) is 4. The topological polar surface area (TPSA) is 41.5 Å². The molecule has 2 aliphatic heterocycles. The Morgan fingerprint density at radius 2 is 1.18 bits per heavy atom. The molecule has 0 fully saturated rings. The second-order valence-corrected chi connectivity index (χ2v) is 16.7. The van der Waals surface area contributed by atoms with Crippen LogP contribution < -0.4 is 14.5 Å². The zero-order valence-electron chi connectivity index (χ0n) is 31.2. The van der Waals surface area contributed by atoms with Crippen LogP contribution >= 0.6 is 0 Å². The summed E-state index contributed by atoms with van der Waals surface area (Å²) in [6.07, 6.45) is 8.20. The van der Waals surface area contributed by atoms with Crippen LogP contribution in [0, 0.1) is 0 Å². The first-order valence-electron chi connectivity index (χ1n) is 18.3. The molecule has 0 saturated heterocycles. The molecule has 3 aromatic carbocycles. The number of rotatable bonds is 6. The van der Waals surface area contributed by atoms with Crippen LogP contribution in [0.4, 0.5) is 23.0 Å². The summed E-state index contributed by atoms with van der Waals surface area (Å²) in [7, 11) is 0. The highest BCUT2D eigenvalue weighted by molar-refractivity contribution is 5.72. The van der Waals surface area contributed by atoms with E-state index in [1.165, 1.54) is 44.8 Å². The maximum absolute atomic E-state index is 6.83. The molecule has 258 valence electrons. The fourth-order valence-electron chi connectivity index (χ4n) is 7.64. The van der Waals surface area contributed by atoms with E-state index in [1.54, 1.807) is 0 Å². The molecule has 50 heavy (non-hydrogen) atoms. The van der Waals surface area contributed by atoms with Gasteiger partial charge in [0.25, 0.3) is 0 Å². The van der Waals surface area contributed by atoms with Gasteiger partial charge >= 0.3 is 0 Å². The molecule has 7 rings (SSSR count). The number of hydrogen-bond donors (Lipinski definition) is 0. The lowest BCUT2D eigenvalue weighted by Gasteiger charge is -2.35. The highest BCUT2D eigenvalue weighted by Gasteiger charge is 2.30. The standard InChI is InChI=1S/C45H52N4O/c1-43(2,3)33-20-22-46-41(26-33)49-25-13-17-37-38(44(4,5)6)28-36(30-40(37)49)50-35-19-18-31-14-12-24-48(39(31)29-35)42-27-34(21-23-47-42)45(7,8)32-15-10-9-11-16-32/h9-11,15-16,18-23,26-30H,12-14,17,24-25H2,1-8H3. The third-order valence-corrected chi connectivity index (χ3v) is 10.6. The third-order valence-electron chi connectivity index (χ3n) is 10.6. The Balaban J connectivity index is 1.24. The van der Waals surface area contributed by atoms with E-state index < -0.39 is 0 Å². The summed E-state index contributed by atoms with van der Waals surface area (Å²) in [4.78, 5) is 14.6. The molecule has 0 spiro atoms. The monoisotopic (exact) mass is 664 g/mol. The third kappa shape index (κ3) is 6.63. The number of aryl methyl sites for hydroxylation is 1. The molecule has 2 aromatic heterocycles. The van der Waals surface area contributed by atoms with Gasteiger partial charge < -0.3 is 14.5 Å². The zero-order valence-corrected chi connectivity index (χ0v) is 31.2. The predicted molar refractivity (Wildman–Crippen MR) is 208 cm³/mol. The van der Waals surface area contributed by atoms with E-state index in [1.807, 2.05) is 12.4 Å². The first kappa shape index (κ1) is 33.8. The van der Waals surface area contributed by atoms with E-state index in [2.05, 4.69) is 150 Å². The molecule has 0 aliphatic carbocycles. The zero-order chi connectivity index (χ0) is 35.3. The summed E-state index contributed by atoms with van der Waals surface area (Å²) >= 11 is 0. The molecule has 5 aromatic rings. The Bertz CT molecular complexity index is 2000. The summed E-state index contributed by atoms with van der Waals surface area (Å²) in [5, 5.41) is 0. The second-order valence-electron chi connectivity index (χ2n) is 16.7. The average Bonchev–Trinajstić information content (AvgIpc) is 3.10. The Morgan fingerprint density at radius 3 is 1.86 bits per heavy atom. The van der Waals surface area contributed by atoms with Gasteiger partial charge in [0.15, 0.2) is 0 Å². The second kappa shape index (κ2) is 12.9. The highest BCUT2D eigenvalue weighted by Crippen LogP contribution is 2.44. The van der Waals surface area contributed by atoms with E-state index in [0.29, 0.717) is 0 Å². The lowest BCUT2D eigenvalue weighted by Crippen LogP contribution is -2.28. The fraction of sp³-hybridized carbons (Fsp3) is 0.378. The van der Waals surface area contributed by atoms with Crippen LogP contribution in [0.2, 0.25) is 0 Å². The van der Waals surface area contributed by atoms with Gasteiger partial charge in [-0.15, -0.1) is 0 Å². The van der Waals surface area contributed by atoms with Crippen LogP contribution in [-0.4, -0.2) is 23.1 Å². The summed E-state index contributed by atoms with van der Waals surface area (Å²) < 4.78 is 6.83. The molecule has 0 saturated carbocycles. The van der Waals surface area contributed by atoms with Gasteiger partial charge in [0.05, 0.1) is 0 Å². The number of pyridine rings is 2. The van der Waals surface area contributed by atoms with Crippen molar-refractivity contribution in [3.8, 4) is 11.5 Å². The molecule has 0 N–H and O–H groups in total. The minimum atomic E-state index is -0.142. The largest absolute Gasteiger partial charge is 0.457 e. The van der Waals surface area contributed by atoms with Crippen molar-refractivity contribution < 1.29 is 4.74 Å². The minimum Gasteiger partial charge on any atom is -0.457 e. The van der Waals surface area contributed by atoms with Crippen molar-refractivity contribution in [3.63, 3.8) is 0 Å². The molecule has 5 nitrogen and oxygen atoms in total. The summed E-state index contributed by atoms with van der Waals surface area (Å²) in [5.74, 6) is 3.69. The van der Waals surface area contributed by atoms with Gasteiger partial charge in [-0.1, -0.05) is 91.8 Å². The van der Waals surface area contributed by atoms with Crippen molar-refractivity contribution in [3.05, 3.63) is 131 Å².